The normalized spacial score (nSPS) is 13.6. The van der Waals surface area contributed by atoms with Crippen molar-refractivity contribution in [3.05, 3.63) is 187 Å². The Kier molecular flexibility index (Phi) is 6.23. The summed E-state index contributed by atoms with van der Waals surface area (Å²) in [6.45, 7) is 4.69. The Labute approximate surface area is 307 Å². The Morgan fingerprint density at radius 3 is 1.66 bits per heavy atom. The second kappa shape index (κ2) is 11.1. The van der Waals surface area contributed by atoms with Crippen molar-refractivity contribution < 1.29 is 0 Å². The summed E-state index contributed by atoms with van der Waals surface area (Å²) < 4.78 is 7.20. The van der Waals surface area contributed by atoms with Gasteiger partial charge in [0.25, 0.3) is 0 Å². The van der Waals surface area contributed by atoms with Crippen molar-refractivity contribution in [2.45, 2.75) is 19.3 Å². The standard InChI is InChI=1S/C48H35N5/c1-48(2)37-25-13-16-28-40(37)52(41-29-17-14-26-38(41)48)53-39-27-15-12-24-35(39)36-30-31-42-43(44(36)53)45-47(50(42)33-20-8-4-9-21-33)49-46(32-18-6-3-7-19-32)51(45)34-22-10-5-11-23-34/h3-31H,1-2H3. The van der Waals surface area contributed by atoms with Gasteiger partial charge in [0.2, 0.25) is 0 Å². The van der Waals surface area contributed by atoms with Crippen LogP contribution in [-0.2, 0) is 5.41 Å². The van der Waals surface area contributed by atoms with E-state index in [2.05, 4.69) is 209 Å². The van der Waals surface area contributed by atoms with E-state index in [0.29, 0.717) is 0 Å². The number of hydrogen-bond acceptors (Lipinski definition) is 2. The van der Waals surface area contributed by atoms with Crippen LogP contribution in [0.15, 0.2) is 176 Å². The highest BCUT2D eigenvalue weighted by atomic mass is 15.6. The SMILES string of the molecule is CC1(C)c2ccccc2N(n2c3ccccc3c3ccc4c(c5c(nc(-c6ccccc6)n5-c5ccccc5)n4-c4ccccc4)c32)c2ccccc21. The van der Waals surface area contributed by atoms with Crippen LogP contribution in [0.3, 0.4) is 0 Å². The molecule has 0 saturated carbocycles. The number of hydrogen-bond donors (Lipinski definition) is 0. The lowest BCUT2D eigenvalue weighted by atomic mass is 9.74. The summed E-state index contributed by atoms with van der Waals surface area (Å²) in [5, 5.41) is 6.02. The third-order valence-corrected chi connectivity index (χ3v) is 11.2. The Hall–Kier alpha value is -6.85. The molecular weight excluding hydrogens is 647 g/mol. The summed E-state index contributed by atoms with van der Waals surface area (Å²) in [6, 6.07) is 63.2. The van der Waals surface area contributed by atoms with Crippen LogP contribution in [-0.4, -0.2) is 18.8 Å². The highest BCUT2D eigenvalue weighted by Crippen LogP contribution is 2.51. The third-order valence-electron chi connectivity index (χ3n) is 11.2. The lowest BCUT2D eigenvalue weighted by Crippen LogP contribution is -2.35. The summed E-state index contributed by atoms with van der Waals surface area (Å²) in [6.07, 6.45) is 0. The molecule has 0 radical (unpaired) electrons. The smallest absolute Gasteiger partial charge is 0.165 e. The maximum absolute atomic E-state index is 5.57. The lowest BCUT2D eigenvalue weighted by Gasteiger charge is -2.42. The topological polar surface area (TPSA) is 30.9 Å². The minimum Gasteiger partial charge on any atom is -0.292 e. The summed E-state index contributed by atoms with van der Waals surface area (Å²) in [7, 11) is 0. The van der Waals surface area contributed by atoms with Crippen molar-refractivity contribution in [2.24, 2.45) is 0 Å². The van der Waals surface area contributed by atoms with E-state index in [0.717, 1.165) is 55.9 Å². The third kappa shape index (κ3) is 4.10. The summed E-state index contributed by atoms with van der Waals surface area (Å²) in [5.74, 6) is 0.906. The highest BCUT2D eigenvalue weighted by Gasteiger charge is 2.38. The quantitative estimate of drug-likeness (QED) is 0.185. The summed E-state index contributed by atoms with van der Waals surface area (Å²) in [4.78, 5) is 5.57. The van der Waals surface area contributed by atoms with E-state index in [-0.39, 0.29) is 5.41 Å². The Morgan fingerprint density at radius 1 is 0.453 bits per heavy atom. The molecule has 0 fully saturated rings. The second-order valence-electron chi connectivity index (χ2n) is 14.5. The molecule has 5 heteroatoms. The van der Waals surface area contributed by atoms with E-state index in [4.69, 9.17) is 4.98 Å². The molecular formula is C48H35N5. The van der Waals surface area contributed by atoms with Crippen LogP contribution in [0.4, 0.5) is 11.4 Å². The van der Waals surface area contributed by atoms with Crippen LogP contribution < -0.4 is 5.01 Å². The molecule has 0 spiro atoms. The maximum Gasteiger partial charge on any atom is 0.165 e. The molecule has 1 aliphatic rings. The lowest BCUT2D eigenvalue weighted by molar-refractivity contribution is 0.618. The van der Waals surface area contributed by atoms with Gasteiger partial charge >= 0.3 is 0 Å². The number of imidazole rings is 1. The molecule has 53 heavy (non-hydrogen) atoms. The van der Waals surface area contributed by atoms with Crippen LogP contribution in [0.2, 0.25) is 0 Å². The van der Waals surface area contributed by atoms with Gasteiger partial charge in [0.1, 0.15) is 11.3 Å². The molecule has 4 heterocycles. The van der Waals surface area contributed by atoms with E-state index in [9.17, 15) is 0 Å². The Bertz CT molecular complexity index is 2970. The van der Waals surface area contributed by atoms with Gasteiger partial charge in [-0.2, -0.15) is 0 Å². The molecule has 0 saturated heterocycles. The number of aromatic nitrogens is 4. The highest BCUT2D eigenvalue weighted by molar-refractivity contribution is 6.25. The molecule has 252 valence electrons. The van der Waals surface area contributed by atoms with Crippen LogP contribution in [0.5, 0.6) is 0 Å². The van der Waals surface area contributed by atoms with Gasteiger partial charge in [-0.3, -0.25) is 9.13 Å². The fourth-order valence-corrected chi connectivity index (χ4v) is 8.87. The fraction of sp³-hybridized carbons (Fsp3) is 0.0625. The minimum absolute atomic E-state index is 0.182. The van der Waals surface area contributed by atoms with E-state index in [1.165, 1.54) is 33.3 Å². The van der Waals surface area contributed by atoms with E-state index in [1.54, 1.807) is 0 Å². The van der Waals surface area contributed by atoms with Gasteiger partial charge in [-0.05, 0) is 65.7 Å². The molecule has 0 atom stereocenters. The Balaban J connectivity index is 1.39. The van der Waals surface area contributed by atoms with Crippen LogP contribution in [0, 0.1) is 0 Å². The number of nitrogens with zero attached hydrogens (tertiary/aromatic N) is 5. The number of benzene rings is 7. The van der Waals surface area contributed by atoms with Crippen LogP contribution >= 0.6 is 0 Å². The number of rotatable bonds is 4. The molecule has 0 N–H and O–H groups in total. The summed E-state index contributed by atoms with van der Waals surface area (Å²) in [5.41, 5.74) is 13.3. The van der Waals surface area contributed by atoms with E-state index < -0.39 is 0 Å². The van der Waals surface area contributed by atoms with Gasteiger partial charge in [-0.25, -0.2) is 14.7 Å². The maximum atomic E-state index is 5.57. The van der Waals surface area contributed by atoms with Crippen molar-refractivity contribution >= 4 is 55.2 Å². The van der Waals surface area contributed by atoms with Gasteiger partial charge in [0, 0.05) is 33.1 Å². The van der Waals surface area contributed by atoms with Crippen LogP contribution in [0.1, 0.15) is 25.0 Å². The molecule has 5 nitrogen and oxygen atoms in total. The molecule has 0 unspecified atom stereocenters. The average Bonchev–Trinajstić information content (AvgIpc) is 3.86. The first kappa shape index (κ1) is 29.8. The first-order chi connectivity index (χ1) is 26.1. The summed E-state index contributed by atoms with van der Waals surface area (Å²) >= 11 is 0. The first-order valence-corrected chi connectivity index (χ1v) is 18.3. The van der Waals surface area contributed by atoms with Gasteiger partial charge in [0.15, 0.2) is 5.65 Å². The average molecular weight is 682 g/mol. The van der Waals surface area contributed by atoms with Gasteiger partial charge < -0.3 is 0 Å². The Morgan fingerprint density at radius 2 is 1.00 bits per heavy atom. The number of para-hydroxylation sites is 5. The van der Waals surface area contributed by atoms with Gasteiger partial charge in [0.05, 0.1) is 33.3 Å². The zero-order valence-electron chi connectivity index (χ0n) is 29.5. The number of fused-ring (bicyclic) bond motifs is 9. The van der Waals surface area contributed by atoms with E-state index in [1.807, 2.05) is 0 Å². The van der Waals surface area contributed by atoms with E-state index >= 15 is 0 Å². The van der Waals surface area contributed by atoms with Crippen molar-refractivity contribution in [1.82, 2.24) is 18.8 Å². The van der Waals surface area contributed by atoms with Crippen LogP contribution in [0.25, 0.3) is 66.6 Å². The molecule has 10 aromatic rings. The van der Waals surface area contributed by atoms with Crippen molar-refractivity contribution in [1.29, 1.82) is 0 Å². The molecule has 1 aliphatic heterocycles. The first-order valence-electron chi connectivity index (χ1n) is 18.3. The monoisotopic (exact) mass is 681 g/mol. The van der Waals surface area contributed by atoms with Gasteiger partial charge in [-0.1, -0.05) is 135 Å². The molecule has 11 rings (SSSR count). The zero-order valence-corrected chi connectivity index (χ0v) is 29.5. The fourth-order valence-electron chi connectivity index (χ4n) is 8.87. The second-order valence-corrected chi connectivity index (χ2v) is 14.5. The zero-order chi connectivity index (χ0) is 35.3. The predicted octanol–water partition coefficient (Wildman–Crippen LogP) is 12.0. The number of anilines is 2. The van der Waals surface area contributed by atoms with Gasteiger partial charge in [-0.15, -0.1) is 0 Å². The molecule has 0 amide bonds. The minimum atomic E-state index is -0.182. The molecule has 3 aromatic heterocycles. The molecule has 0 aliphatic carbocycles. The molecule has 7 aromatic carbocycles. The van der Waals surface area contributed by atoms with Crippen molar-refractivity contribution in [2.75, 3.05) is 5.01 Å². The molecule has 0 bridgehead atoms. The largest absolute Gasteiger partial charge is 0.292 e. The van der Waals surface area contributed by atoms with Crippen molar-refractivity contribution in [3.8, 4) is 22.8 Å². The van der Waals surface area contributed by atoms with Crippen molar-refractivity contribution in [3.63, 3.8) is 0 Å². The predicted molar refractivity (Wildman–Crippen MR) is 219 cm³/mol.